The van der Waals surface area contributed by atoms with E-state index in [9.17, 15) is 24.9 Å². The summed E-state index contributed by atoms with van der Waals surface area (Å²) in [6.07, 6.45) is 16.7. The molecule has 5 N–H and O–H groups in total. The molecule has 2 aromatic heterocycles. The number of unbranched alkanes of at least 4 members (excludes halogenated alkanes) is 15. The molecule has 4 rings (SSSR count). The number of ether oxygens (including phenoxy) is 3. The lowest BCUT2D eigenvalue weighted by Gasteiger charge is -2.24. The number of nitrogen functional groups attached to an aromatic ring is 1. The van der Waals surface area contributed by atoms with Gasteiger partial charge in [0.25, 0.3) is 0 Å². The molecule has 0 radical (unpaired) electrons. The molecule has 14 heteroatoms. The van der Waals surface area contributed by atoms with Crippen LogP contribution >= 0.6 is 7.82 Å². The highest BCUT2D eigenvalue weighted by Crippen LogP contribution is 2.46. The molecular formula is C41H63N4O9P. The van der Waals surface area contributed by atoms with Gasteiger partial charge in [0.2, 0.25) is 5.60 Å². The topological polar surface area (TPSA) is 191 Å². The minimum Gasteiger partial charge on any atom is -0.397 e. The second-order valence-corrected chi connectivity index (χ2v) is 16.1. The minimum absolute atomic E-state index is 0.132. The number of benzene rings is 1. The number of aromatic nitrogens is 2. The molecule has 1 saturated heterocycles. The first-order chi connectivity index (χ1) is 26.7. The Balaban J connectivity index is 1.15. The van der Waals surface area contributed by atoms with Gasteiger partial charge in [0.05, 0.1) is 43.3 Å². The summed E-state index contributed by atoms with van der Waals surface area (Å²) in [5, 5.41) is 36.1. The van der Waals surface area contributed by atoms with E-state index in [0.29, 0.717) is 17.8 Å². The molecule has 3 heterocycles. The van der Waals surface area contributed by atoms with Gasteiger partial charge in [-0.1, -0.05) is 134 Å². The van der Waals surface area contributed by atoms with E-state index >= 15 is 0 Å². The Kier molecular flexibility index (Phi) is 19.6. The summed E-state index contributed by atoms with van der Waals surface area (Å²) in [5.74, 6) is 0. The maximum Gasteiger partial charge on any atom is 0.472 e. The number of aliphatic hydroxyl groups excluding tert-OH is 2. The van der Waals surface area contributed by atoms with Crippen molar-refractivity contribution >= 4 is 19.0 Å². The third kappa shape index (κ3) is 14.2. The lowest BCUT2D eigenvalue weighted by atomic mass is 9.92. The molecule has 6 atom stereocenters. The first-order valence-electron chi connectivity index (χ1n) is 20.2. The van der Waals surface area contributed by atoms with Gasteiger partial charge in [-0.3, -0.25) is 9.05 Å². The summed E-state index contributed by atoms with van der Waals surface area (Å²) in [6.45, 7) is 2.24. The van der Waals surface area contributed by atoms with Crippen LogP contribution in [0.3, 0.4) is 0 Å². The highest BCUT2D eigenvalue weighted by Gasteiger charge is 2.58. The van der Waals surface area contributed by atoms with Crippen LogP contribution in [0.1, 0.15) is 121 Å². The van der Waals surface area contributed by atoms with Crippen LogP contribution in [0.5, 0.6) is 0 Å². The maximum atomic E-state index is 13.0. The minimum atomic E-state index is -4.70. The van der Waals surface area contributed by atoms with E-state index in [4.69, 9.17) is 29.0 Å². The van der Waals surface area contributed by atoms with E-state index in [-0.39, 0.29) is 25.5 Å². The summed E-state index contributed by atoms with van der Waals surface area (Å²) < 4.78 is 42.6. The molecule has 55 heavy (non-hydrogen) atoms. The van der Waals surface area contributed by atoms with Crippen molar-refractivity contribution in [2.24, 2.45) is 0 Å². The first-order valence-corrected chi connectivity index (χ1v) is 21.7. The largest absolute Gasteiger partial charge is 0.472 e. The SMILES string of the molecule is CCCCCCCCCCCCCCCCCCOCC(COP(=O)(O)OC[C@H]1O[C@@](C#N)(c2ccc3c(N)ccnn23)[C@H](O)[C@@H]1O)OCc1ccccc1. The van der Waals surface area contributed by atoms with E-state index in [2.05, 4.69) is 12.0 Å². The van der Waals surface area contributed by atoms with Gasteiger partial charge in [-0.2, -0.15) is 10.4 Å². The summed E-state index contributed by atoms with van der Waals surface area (Å²) in [7, 11) is -4.70. The summed E-state index contributed by atoms with van der Waals surface area (Å²) >= 11 is 0. The highest BCUT2D eigenvalue weighted by molar-refractivity contribution is 7.47. The van der Waals surface area contributed by atoms with Crippen LogP contribution in [0.25, 0.3) is 5.52 Å². The number of aliphatic hydroxyl groups is 2. The normalized spacial score (nSPS) is 21.5. The molecule has 1 aromatic carbocycles. The van der Waals surface area contributed by atoms with Gasteiger partial charge in [0, 0.05) is 12.8 Å². The fourth-order valence-electron chi connectivity index (χ4n) is 6.92. The van der Waals surface area contributed by atoms with Gasteiger partial charge in [0.15, 0.2) is 0 Å². The first kappa shape index (κ1) is 44.8. The number of rotatable bonds is 29. The van der Waals surface area contributed by atoms with Crippen molar-refractivity contribution in [1.82, 2.24) is 9.61 Å². The molecular weight excluding hydrogens is 723 g/mol. The van der Waals surface area contributed by atoms with Gasteiger partial charge in [-0.05, 0) is 30.2 Å². The van der Waals surface area contributed by atoms with E-state index in [1.807, 2.05) is 36.4 Å². The summed E-state index contributed by atoms with van der Waals surface area (Å²) in [4.78, 5) is 10.6. The molecule has 1 fully saturated rings. The number of hydrogen-bond donors (Lipinski definition) is 4. The van der Waals surface area contributed by atoms with Crippen LogP contribution in [-0.4, -0.2) is 75.6 Å². The molecule has 0 amide bonds. The maximum absolute atomic E-state index is 13.0. The highest BCUT2D eigenvalue weighted by atomic mass is 31.2. The van der Waals surface area contributed by atoms with Crippen LogP contribution in [0.4, 0.5) is 5.69 Å². The molecule has 1 aliphatic rings. The van der Waals surface area contributed by atoms with Crippen molar-refractivity contribution in [2.75, 3.05) is 32.2 Å². The molecule has 2 unspecified atom stereocenters. The third-order valence-corrected chi connectivity index (χ3v) is 11.1. The molecule has 0 aliphatic carbocycles. The van der Waals surface area contributed by atoms with E-state index in [1.54, 1.807) is 12.1 Å². The van der Waals surface area contributed by atoms with Crippen LogP contribution in [0.15, 0.2) is 54.7 Å². The average molecular weight is 787 g/mol. The van der Waals surface area contributed by atoms with Crippen LogP contribution in [-0.2, 0) is 40.0 Å². The number of nitrogens with zero attached hydrogens (tertiary/aromatic N) is 3. The number of phosphoric ester groups is 1. The van der Waals surface area contributed by atoms with Crippen LogP contribution in [0, 0.1) is 11.3 Å². The Labute approximate surface area is 326 Å². The standard InChI is InChI=1S/C41H63N4O9P/c1-2-3-4-5-6-7-8-9-10-11-12-13-14-15-16-20-27-50-29-34(51-28-33-21-18-17-19-22-33)30-52-55(48,49)53-31-37-39(46)40(47)41(32-42,54-37)38-24-23-36-35(43)25-26-44-45(36)38/h17-19,21-26,34,37,39-40,46-47H,2-16,20,27-31,43H2,1H3,(H,48,49)/t34?,37-,39-,40-,41+/m1/s1. The predicted molar refractivity (Wildman–Crippen MR) is 211 cm³/mol. The number of fused-ring (bicyclic) bond motifs is 1. The van der Waals surface area contributed by atoms with Crippen molar-refractivity contribution in [3.8, 4) is 6.07 Å². The number of nitriles is 1. The van der Waals surface area contributed by atoms with Crippen molar-refractivity contribution in [3.63, 3.8) is 0 Å². The smallest absolute Gasteiger partial charge is 0.397 e. The monoisotopic (exact) mass is 786 g/mol. The lowest BCUT2D eigenvalue weighted by molar-refractivity contribution is -0.0690. The fraction of sp³-hybridized carbons (Fsp3) is 0.659. The molecule has 3 aromatic rings. The second-order valence-electron chi connectivity index (χ2n) is 14.6. The van der Waals surface area contributed by atoms with Crippen molar-refractivity contribution < 1.29 is 42.9 Å². The van der Waals surface area contributed by atoms with Crippen LogP contribution < -0.4 is 5.73 Å². The Morgan fingerprint density at radius 1 is 0.891 bits per heavy atom. The number of nitrogens with two attached hydrogens (primary N) is 1. The van der Waals surface area contributed by atoms with E-state index in [0.717, 1.165) is 18.4 Å². The van der Waals surface area contributed by atoms with Gasteiger partial charge < -0.3 is 35.1 Å². The fourth-order valence-corrected chi connectivity index (χ4v) is 7.68. The Morgan fingerprint density at radius 2 is 1.51 bits per heavy atom. The Bertz CT molecular complexity index is 1610. The molecule has 0 bridgehead atoms. The zero-order chi connectivity index (χ0) is 39.4. The van der Waals surface area contributed by atoms with Crippen molar-refractivity contribution in [3.05, 3.63) is 66.0 Å². The second kappa shape index (κ2) is 24.0. The molecule has 0 spiro atoms. The Morgan fingerprint density at radius 3 is 2.13 bits per heavy atom. The van der Waals surface area contributed by atoms with E-state index in [1.165, 1.54) is 107 Å². The zero-order valence-corrected chi connectivity index (χ0v) is 33.4. The van der Waals surface area contributed by atoms with Gasteiger partial charge in [-0.15, -0.1) is 0 Å². The van der Waals surface area contributed by atoms with Gasteiger partial charge >= 0.3 is 7.82 Å². The Hall–Kier alpha value is -2.89. The number of hydrogen-bond acceptors (Lipinski definition) is 11. The molecule has 0 saturated carbocycles. The number of phosphoric acid groups is 1. The van der Waals surface area contributed by atoms with Crippen LogP contribution in [0.2, 0.25) is 0 Å². The van der Waals surface area contributed by atoms with Gasteiger partial charge in [-0.25, -0.2) is 9.08 Å². The van der Waals surface area contributed by atoms with E-state index < -0.39 is 44.4 Å². The quantitative estimate of drug-likeness (QED) is 0.0396. The number of anilines is 1. The predicted octanol–water partition coefficient (Wildman–Crippen LogP) is 7.75. The average Bonchev–Trinajstić information content (AvgIpc) is 3.74. The third-order valence-electron chi connectivity index (χ3n) is 10.2. The molecule has 13 nitrogen and oxygen atoms in total. The zero-order valence-electron chi connectivity index (χ0n) is 32.5. The van der Waals surface area contributed by atoms with Gasteiger partial charge in [0.1, 0.15) is 30.5 Å². The summed E-state index contributed by atoms with van der Waals surface area (Å²) in [5.41, 5.74) is 5.89. The van der Waals surface area contributed by atoms with Crippen molar-refractivity contribution in [2.45, 2.75) is 146 Å². The summed E-state index contributed by atoms with van der Waals surface area (Å²) in [6, 6.07) is 16.2. The lowest BCUT2D eigenvalue weighted by Crippen LogP contribution is -2.41. The molecule has 306 valence electrons. The molecule has 1 aliphatic heterocycles. The van der Waals surface area contributed by atoms with Crippen molar-refractivity contribution in [1.29, 1.82) is 5.26 Å².